The Morgan fingerprint density at radius 3 is 2.76 bits per heavy atom. The first-order chi connectivity index (χ1) is 9.88. The van der Waals surface area contributed by atoms with Crippen LogP contribution in [-0.4, -0.2) is 15.8 Å². The second kappa shape index (κ2) is 5.84. The molecule has 2 aromatic rings. The predicted molar refractivity (Wildman–Crippen MR) is 75.0 cm³/mol. The minimum atomic E-state index is -0.779. The van der Waals surface area contributed by atoms with Gasteiger partial charge >= 0.3 is 0 Å². The van der Waals surface area contributed by atoms with E-state index in [-0.39, 0.29) is 22.1 Å². The maximum Gasteiger partial charge on any atom is 0.288 e. The van der Waals surface area contributed by atoms with Crippen LogP contribution in [0.1, 0.15) is 15.9 Å². The molecule has 0 saturated carbocycles. The summed E-state index contributed by atoms with van der Waals surface area (Å²) in [6, 6.07) is 5.24. The molecule has 6 nitrogen and oxygen atoms in total. The molecule has 0 aliphatic rings. The predicted octanol–water partition coefficient (Wildman–Crippen LogP) is 3.34. The Bertz CT molecular complexity index is 737. The third-order valence-corrected chi connectivity index (χ3v) is 2.95. The van der Waals surface area contributed by atoms with Crippen LogP contribution in [0.15, 0.2) is 30.5 Å². The molecule has 0 fully saturated rings. The first-order valence-corrected chi connectivity index (χ1v) is 6.13. The lowest BCUT2D eigenvalue weighted by atomic mass is 10.2. The molecule has 0 spiro atoms. The van der Waals surface area contributed by atoms with E-state index in [1.165, 1.54) is 12.1 Å². The second-order valence-electron chi connectivity index (χ2n) is 4.23. The molecule has 21 heavy (non-hydrogen) atoms. The lowest BCUT2D eigenvalue weighted by Crippen LogP contribution is -2.14. The van der Waals surface area contributed by atoms with Crippen molar-refractivity contribution < 1.29 is 14.1 Å². The van der Waals surface area contributed by atoms with Gasteiger partial charge < -0.3 is 5.32 Å². The normalized spacial score (nSPS) is 10.2. The van der Waals surface area contributed by atoms with Crippen LogP contribution < -0.4 is 5.32 Å². The lowest BCUT2D eigenvalue weighted by Gasteiger charge is -2.07. The Morgan fingerprint density at radius 1 is 1.43 bits per heavy atom. The van der Waals surface area contributed by atoms with Gasteiger partial charge in [-0.15, -0.1) is 0 Å². The van der Waals surface area contributed by atoms with Gasteiger partial charge in [-0.1, -0.05) is 17.7 Å². The number of amides is 1. The van der Waals surface area contributed by atoms with E-state index in [9.17, 15) is 19.3 Å². The number of benzene rings is 1. The highest BCUT2D eigenvalue weighted by Crippen LogP contribution is 2.22. The first kappa shape index (κ1) is 14.9. The van der Waals surface area contributed by atoms with Crippen molar-refractivity contribution in [3.05, 3.63) is 62.7 Å². The van der Waals surface area contributed by atoms with Crippen LogP contribution >= 0.6 is 11.6 Å². The fraction of sp³-hybridized carbons (Fsp3) is 0.0769. The monoisotopic (exact) mass is 309 g/mol. The molecule has 0 saturated heterocycles. The molecule has 0 aliphatic heterocycles. The summed E-state index contributed by atoms with van der Waals surface area (Å²) >= 11 is 5.74. The summed E-state index contributed by atoms with van der Waals surface area (Å²) in [5.74, 6) is -1.39. The number of nitro groups is 1. The second-order valence-corrected chi connectivity index (χ2v) is 4.58. The number of nitrogens with zero attached hydrogens (tertiary/aromatic N) is 2. The molecule has 0 radical (unpaired) electrons. The highest BCUT2D eigenvalue weighted by Gasteiger charge is 2.18. The molecule has 1 aromatic carbocycles. The van der Waals surface area contributed by atoms with Crippen molar-refractivity contribution in [1.29, 1.82) is 0 Å². The number of pyridine rings is 1. The number of halogens is 2. The van der Waals surface area contributed by atoms with Crippen LogP contribution in [0, 0.1) is 22.9 Å². The van der Waals surface area contributed by atoms with Gasteiger partial charge in [-0.3, -0.25) is 14.9 Å². The van der Waals surface area contributed by atoms with Gasteiger partial charge in [0.2, 0.25) is 0 Å². The van der Waals surface area contributed by atoms with Gasteiger partial charge in [0, 0.05) is 6.07 Å². The van der Waals surface area contributed by atoms with Crippen molar-refractivity contribution >= 4 is 28.9 Å². The van der Waals surface area contributed by atoms with Crippen molar-refractivity contribution in [1.82, 2.24) is 4.98 Å². The van der Waals surface area contributed by atoms with Crippen LogP contribution in [0.2, 0.25) is 5.15 Å². The van der Waals surface area contributed by atoms with E-state index in [0.717, 1.165) is 12.3 Å². The summed E-state index contributed by atoms with van der Waals surface area (Å²) in [6.45, 7) is 1.70. The molecule has 1 amide bonds. The first-order valence-electron chi connectivity index (χ1n) is 5.76. The molecule has 8 heteroatoms. The largest absolute Gasteiger partial charge is 0.319 e. The molecule has 0 aliphatic carbocycles. The van der Waals surface area contributed by atoms with Crippen molar-refractivity contribution in [3.8, 4) is 0 Å². The summed E-state index contributed by atoms with van der Waals surface area (Å²) in [5, 5.41) is 12.8. The van der Waals surface area contributed by atoms with Gasteiger partial charge in [-0.25, -0.2) is 9.37 Å². The van der Waals surface area contributed by atoms with Crippen molar-refractivity contribution in [2.24, 2.45) is 0 Å². The minimum absolute atomic E-state index is 0.0480. The number of nitrogens with one attached hydrogen (secondary N) is 1. The molecule has 0 atom stereocenters. The van der Waals surface area contributed by atoms with E-state index in [2.05, 4.69) is 10.3 Å². The highest BCUT2D eigenvalue weighted by molar-refractivity contribution is 6.33. The number of aromatic nitrogens is 1. The molecular weight excluding hydrogens is 301 g/mol. The van der Waals surface area contributed by atoms with Gasteiger partial charge in [0.25, 0.3) is 11.6 Å². The molecule has 1 heterocycles. The van der Waals surface area contributed by atoms with Crippen LogP contribution in [0.4, 0.5) is 15.8 Å². The average molecular weight is 310 g/mol. The molecule has 0 bridgehead atoms. The molecule has 2 rings (SSSR count). The van der Waals surface area contributed by atoms with E-state index in [0.29, 0.717) is 5.56 Å². The fourth-order valence-corrected chi connectivity index (χ4v) is 1.80. The van der Waals surface area contributed by atoms with Gasteiger partial charge in [-0.2, -0.15) is 0 Å². The summed E-state index contributed by atoms with van der Waals surface area (Å²) in [6.07, 6.45) is 0.936. The topological polar surface area (TPSA) is 85.1 Å². The fourth-order valence-electron chi connectivity index (χ4n) is 1.61. The van der Waals surface area contributed by atoms with E-state index >= 15 is 0 Å². The quantitative estimate of drug-likeness (QED) is 0.535. The molecule has 0 unspecified atom stereocenters. The van der Waals surface area contributed by atoms with E-state index in [4.69, 9.17) is 11.6 Å². The third kappa shape index (κ3) is 3.32. The molecular formula is C13H9ClFN3O3. The van der Waals surface area contributed by atoms with E-state index in [1.54, 1.807) is 13.0 Å². The Balaban J connectivity index is 2.32. The molecule has 1 aromatic heterocycles. The Kier molecular flexibility index (Phi) is 4.13. The maximum atomic E-state index is 13.7. The standard InChI is InChI=1S/C13H9ClFN3O3/c1-7-2-3-11(10(15)4-7)17-13(19)9-5-8(18(20)21)6-16-12(9)14/h2-6H,1H3,(H,17,19). The van der Waals surface area contributed by atoms with Crippen molar-refractivity contribution in [2.45, 2.75) is 6.92 Å². The average Bonchev–Trinajstić information content (AvgIpc) is 2.42. The summed E-state index contributed by atoms with van der Waals surface area (Å²) < 4.78 is 13.7. The highest BCUT2D eigenvalue weighted by atomic mass is 35.5. The zero-order valence-corrected chi connectivity index (χ0v) is 11.5. The van der Waals surface area contributed by atoms with Gasteiger partial charge in [0.05, 0.1) is 16.2 Å². The molecule has 1 N–H and O–H groups in total. The number of carbonyl (C=O) groups is 1. The summed E-state index contributed by atoms with van der Waals surface area (Å²) in [5.41, 5.74) is 0.0634. The summed E-state index contributed by atoms with van der Waals surface area (Å²) in [4.78, 5) is 25.6. The summed E-state index contributed by atoms with van der Waals surface area (Å²) in [7, 11) is 0. The number of aryl methyl sites for hydroxylation is 1. The maximum absolute atomic E-state index is 13.7. The number of rotatable bonds is 3. The lowest BCUT2D eigenvalue weighted by molar-refractivity contribution is -0.385. The van der Waals surface area contributed by atoms with Crippen molar-refractivity contribution in [2.75, 3.05) is 5.32 Å². The number of hydrogen-bond acceptors (Lipinski definition) is 4. The van der Waals surface area contributed by atoms with Gasteiger partial charge in [0.1, 0.15) is 17.2 Å². The Labute approximate surface area is 123 Å². The SMILES string of the molecule is Cc1ccc(NC(=O)c2cc([N+](=O)[O-])cnc2Cl)c(F)c1. The zero-order valence-electron chi connectivity index (χ0n) is 10.8. The van der Waals surface area contributed by atoms with Gasteiger partial charge in [-0.05, 0) is 24.6 Å². The van der Waals surface area contributed by atoms with Crippen LogP contribution in [0.5, 0.6) is 0 Å². The molecule has 108 valence electrons. The Morgan fingerprint density at radius 2 is 2.14 bits per heavy atom. The Hall–Kier alpha value is -2.54. The smallest absolute Gasteiger partial charge is 0.288 e. The van der Waals surface area contributed by atoms with Crippen LogP contribution in [-0.2, 0) is 0 Å². The third-order valence-electron chi connectivity index (χ3n) is 2.65. The van der Waals surface area contributed by atoms with Crippen LogP contribution in [0.3, 0.4) is 0 Å². The number of anilines is 1. The minimum Gasteiger partial charge on any atom is -0.319 e. The number of hydrogen-bond donors (Lipinski definition) is 1. The zero-order chi connectivity index (χ0) is 15.6. The van der Waals surface area contributed by atoms with Crippen LogP contribution in [0.25, 0.3) is 0 Å². The van der Waals surface area contributed by atoms with Crippen molar-refractivity contribution in [3.63, 3.8) is 0 Å². The van der Waals surface area contributed by atoms with E-state index < -0.39 is 16.6 Å². The van der Waals surface area contributed by atoms with E-state index in [1.807, 2.05) is 0 Å². The number of carbonyl (C=O) groups excluding carboxylic acids is 1. The van der Waals surface area contributed by atoms with Gasteiger partial charge in [0.15, 0.2) is 0 Å².